The zero-order valence-electron chi connectivity index (χ0n) is 12.8. The third-order valence-corrected chi connectivity index (χ3v) is 4.45. The van der Waals surface area contributed by atoms with E-state index in [4.69, 9.17) is 0 Å². The second kappa shape index (κ2) is 6.26. The van der Waals surface area contributed by atoms with Gasteiger partial charge in [-0.1, -0.05) is 13.3 Å². The van der Waals surface area contributed by atoms with E-state index in [9.17, 15) is 9.90 Å². The lowest BCUT2D eigenvalue weighted by atomic mass is 9.86. The average Bonchev–Trinajstić information content (AvgIpc) is 2.32. The number of nitrogens with zero attached hydrogens (tertiary/aromatic N) is 2. The summed E-state index contributed by atoms with van der Waals surface area (Å²) in [4.78, 5) is 12.2. The fraction of sp³-hybridized carbons (Fsp3) is 0.714. The molecular weight excluding hydrogens is 322 g/mol. The van der Waals surface area contributed by atoms with Crippen LogP contribution in [0.15, 0.2) is 15.5 Å². The molecular formula is C14H24BrN3O2. The SMILES string of the molecule is CCCCn1ncc(NC(C)(C)C(C)(C)O)c(Br)c1=O. The van der Waals surface area contributed by atoms with Gasteiger partial charge < -0.3 is 10.4 Å². The van der Waals surface area contributed by atoms with Crippen LogP contribution in [0, 0.1) is 0 Å². The monoisotopic (exact) mass is 345 g/mol. The number of nitrogens with one attached hydrogen (secondary N) is 1. The summed E-state index contributed by atoms with van der Waals surface area (Å²) in [5.74, 6) is 0. The normalized spacial score (nSPS) is 12.6. The second-order valence-corrected chi connectivity index (χ2v) is 6.86. The summed E-state index contributed by atoms with van der Waals surface area (Å²) in [5, 5.41) is 17.5. The summed E-state index contributed by atoms with van der Waals surface area (Å²) in [7, 11) is 0. The lowest BCUT2D eigenvalue weighted by Crippen LogP contribution is -2.51. The summed E-state index contributed by atoms with van der Waals surface area (Å²) in [6.07, 6.45) is 3.55. The number of hydrogen-bond acceptors (Lipinski definition) is 4. The smallest absolute Gasteiger partial charge is 0.283 e. The first-order chi connectivity index (χ1) is 9.10. The zero-order chi connectivity index (χ0) is 15.6. The van der Waals surface area contributed by atoms with Gasteiger partial charge in [0.25, 0.3) is 5.56 Å². The number of anilines is 1. The molecule has 0 spiro atoms. The molecule has 6 heteroatoms. The number of unbranched alkanes of at least 4 members (excludes halogenated alkanes) is 1. The Labute approximate surface area is 128 Å². The first-order valence-electron chi connectivity index (χ1n) is 6.86. The number of aryl methyl sites for hydroxylation is 1. The molecule has 1 heterocycles. The Kier molecular flexibility index (Phi) is 5.38. The Balaban J connectivity index is 3.05. The fourth-order valence-corrected chi connectivity index (χ4v) is 1.92. The molecule has 0 radical (unpaired) electrons. The number of rotatable bonds is 6. The molecule has 2 N–H and O–H groups in total. The molecule has 0 unspecified atom stereocenters. The quantitative estimate of drug-likeness (QED) is 0.831. The molecule has 20 heavy (non-hydrogen) atoms. The third-order valence-electron chi connectivity index (χ3n) is 3.69. The van der Waals surface area contributed by atoms with Crippen LogP contribution in [0.1, 0.15) is 47.5 Å². The van der Waals surface area contributed by atoms with Crippen molar-refractivity contribution >= 4 is 21.6 Å². The molecule has 0 aliphatic heterocycles. The van der Waals surface area contributed by atoms with Crippen molar-refractivity contribution in [2.24, 2.45) is 0 Å². The number of aromatic nitrogens is 2. The molecule has 1 aromatic rings. The van der Waals surface area contributed by atoms with Crippen molar-refractivity contribution < 1.29 is 5.11 Å². The van der Waals surface area contributed by atoms with Crippen LogP contribution in [0.3, 0.4) is 0 Å². The maximum atomic E-state index is 12.2. The van der Waals surface area contributed by atoms with E-state index in [2.05, 4.69) is 33.3 Å². The molecule has 0 aliphatic rings. The molecule has 0 saturated heterocycles. The largest absolute Gasteiger partial charge is 0.388 e. The Bertz CT molecular complexity index is 518. The van der Waals surface area contributed by atoms with Gasteiger partial charge in [-0.25, -0.2) is 4.68 Å². The summed E-state index contributed by atoms with van der Waals surface area (Å²) < 4.78 is 1.90. The number of aliphatic hydroxyl groups is 1. The van der Waals surface area contributed by atoms with E-state index in [1.807, 2.05) is 13.8 Å². The summed E-state index contributed by atoms with van der Waals surface area (Å²) in [6.45, 7) is 9.89. The minimum Gasteiger partial charge on any atom is -0.388 e. The van der Waals surface area contributed by atoms with Gasteiger partial charge in [-0.2, -0.15) is 5.10 Å². The highest BCUT2D eigenvalue weighted by atomic mass is 79.9. The summed E-state index contributed by atoms with van der Waals surface area (Å²) >= 11 is 3.32. The minimum atomic E-state index is -0.941. The van der Waals surface area contributed by atoms with Gasteiger partial charge in [-0.3, -0.25) is 4.79 Å². The van der Waals surface area contributed by atoms with Crippen LogP contribution < -0.4 is 10.9 Å². The van der Waals surface area contributed by atoms with Gasteiger partial charge in [-0.05, 0) is 50.0 Å². The minimum absolute atomic E-state index is 0.157. The van der Waals surface area contributed by atoms with Gasteiger partial charge >= 0.3 is 0 Å². The Hall–Kier alpha value is -0.880. The molecule has 0 atom stereocenters. The highest BCUT2D eigenvalue weighted by Crippen LogP contribution is 2.28. The molecule has 1 rings (SSSR count). The maximum absolute atomic E-state index is 12.2. The van der Waals surface area contributed by atoms with Crippen LogP contribution >= 0.6 is 15.9 Å². The molecule has 0 bridgehead atoms. The standard InChI is InChI=1S/C14H24BrN3O2/c1-6-7-8-18-12(19)11(15)10(9-16-18)17-13(2,3)14(4,5)20/h9,17,20H,6-8H2,1-5H3. The third kappa shape index (κ3) is 3.82. The second-order valence-electron chi connectivity index (χ2n) is 6.06. The molecule has 114 valence electrons. The van der Waals surface area contributed by atoms with Crippen molar-refractivity contribution in [1.82, 2.24) is 9.78 Å². The Morgan fingerprint density at radius 1 is 1.40 bits per heavy atom. The molecule has 1 aromatic heterocycles. The van der Waals surface area contributed by atoms with E-state index in [0.717, 1.165) is 12.8 Å². The molecule has 0 fully saturated rings. The summed E-state index contributed by atoms with van der Waals surface area (Å²) in [5.41, 5.74) is -1.10. The van der Waals surface area contributed by atoms with E-state index in [1.54, 1.807) is 20.0 Å². The zero-order valence-corrected chi connectivity index (χ0v) is 14.4. The van der Waals surface area contributed by atoms with Crippen molar-refractivity contribution in [1.29, 1.82) is 0 Å². The van der Waals surface area contributed by atoms with Crippen LogP contribution in [0.25, 0.3) is 0 Å². The number of halogens is 1. The lowest BCUT2D eigenvalue weighted by molar-refractivity contribution is 0.0240. The van der Waals surface area contributed by atoms with Crippen molar-refractivity contribution in [3.8, 4) is 0 Å². The molecule has 0 aromatic carbocycles. The van der Waals surface area contributed by atoms with Crippen molar-refractivity contribution in [2.45, 2.75) is 65.1 Å². The predicted molar refractivity (Wildman–Crippen MR) is 85.1 cm³/mol. The van der Waals surface area contributed by atoms with Crippen molar-refractivity contribution in [3.05, 3.63) is 21.0 Å². The van der Waals surface area contributed by atoms with Crippen LogP contribution in [0.5, 0.6) is 0 Å². The molecule has 0 aliphatic carbocycles. The average molecular weight is 346 g/mol. The van der Waals surface area contributed by atoms with Crippen LogP contribution in [0.2, 0.25) is 0 Å². The van der Waals surface area contributed by atoms with E-state index in [-0.39, 0.29) is 5.56 Å². The highest BCUT2D eigenvalue weighted by Gasteiger charge is 2.35. The first kappa shape index (κ1) is 17.2. The van der Waals surface area contributed by atoms with Gasteiger partial charge in [0.1, 0.15) is 4.47 Å². The fourth-order valence-electron chi connectivity index (χ4n) is 1.51. The maximum Gasteiger partial charge on any atom is 0.283 e. The topological polar surface area (TPSA) is 67.2 Å². The van der Waals surface area contributed by atoms with E-state index in [1.165, 1.54) is 4.68 Å². The predicted octanol–water partition coefficient (Wildman–Crippen LogP) is 2.77. The van der Waals surface area contributed by atoms with E-state index in [0.29, 0.717) is 16.7 Å². The van der Waals surface area contributed by atoms with E-state index >= 15 is 0 Å². The Morgan fingerprint density at radius 3 is 2.50 bits per heavy atom. The molecule has 5 nitrogen and oxygen atoms in total. The molecule has 0 saturated carbocycles. The molecule has 0 amide bonds. The summed E-state index contributed by atoms with van der Waals surface area (Å²) in [6, 6.07) is 0. The van der Waals surface area contributed by atoms with Gasteiger partial charge in [0.05, 0.1) is 23.0 Å². The van der Waals surface area contributed by atoms with Gasteiger partial charge in [-0.15, -0.1) is 0 Å². The van der Waals surface area contributed by atoms with Gasteiger partial charge in [0, 0.05) is 6.54 Å². The van der Waals surface area contributed by atoms with Crippen molar-refractivity contribution in [3.63, 3.8) is 0 Å². The van der Waals surface area contributed by atoms with Crippen LogP contribution in [-0.2, 0) is 6.54 Å². The van der Waals surface area contributed by atoms with Crippen molar-refractivity contribution in [2.75, 3.05) is 5.32 Å². The highest BCUT2D eigenvalue weighted by molar-refractivity contribution is 9.10. The van der Waals surface area contributed by atoms with Crippen LogP contribution in [0.4, 0.5) is 5.69 Å². The lowest BCUT2D eigenvalue weighted by Gasteiger charge is -2.38. The first-order valence-corrected chi connectivity index (χ1v) is 7.65. The Morgan fingerprint density at radius 2 is 2.00 bits per heavy atom. The van der Waals surface area contributed by atoms with Crippen LogP contribution in [-0.4, -0.2) is 26.0 Å². The van der Waals surface area contributed by atoms with Gasteiger partial charge in [0.2, 0.25) is 0 Å². The number of hydrogen-bond donors (Lipinski definition) is 2. The van der Waals surface area contributed by atoms with E-state index < -0.39 is 11.1 Å². The van der Waals surface area contributed by atoms with Gasteiger partial charge in [0.15, 0.2) is 0 Å².